The molecule has 2 saturated carbocycles. The van der Waals surface area contributed by atoms with Gasteiger partial charge in [0.05, 0.1) is 5.56 Å². The number of carbonyl (C=O) groups is 1. The molecule has 0 heterocycles. The molecule has 0 saturated heterocycles. The van der Waals surface area contributed by atoms with Crippen molar-refractivity contribution in [1.29, 1.82) is 0 Å². The highest BCUT2D eigenvalue weighted by atomic mass is 19.1. The van der Waals surface area contributed by atoms with Gasteiger partial charge >= 0.3 is 0 Å². The first-order chi connectivity index (χ1) is 10.2. The molecular weight excluding hydrogens is 269 g/mol. The van der Waals surface area contributed by atoms with E-state index in [1.165, 1.54) is 25.0 Å². The molecule has 2 unspecified atom stereocenters. The molecule has 1 amide bonds. The number of nitrogens with one attached hydrogen (secondary N) is 1. The van der Waals surface area contributed by atoms with Gasteiger partial charge in [0.2, 0.25) is 5.91 Å². The van der Waals surface area contributed by atoms with Crippen LogP contribution in [0.15, 0.2) is 18.2 Å². The Bertz CT molecular complexity index is 605. The van der Waals surface area contributed by atoms with E-state index in [-0.39, 0.29) is 24.0 Å². The number of aliphatic hydroxyl groups is 1. The summed E-state index contributed by atoms with van der Waals surface area (Å²) >= 11 is 0. The van der Waals surface area contributed by atoms with Crippen LogP contribution in [-0.2, 0) is 4.79 Å². The van der Waals surface area contributed by atoms with Crippen molar-refractivity contribution in [3.63, 3.8) is 0 Å². The second-order valence-electron chi connectivity index (χ2n) is 5.78. The van der Waals surface area contributed by atoms with E-state index in [2.05, 4.69) is 17.2 Å². The summed E-state index contributed by atoms with van der Waals surface area (Å²) < 4.78 is 13.5. The highest BCUT2D eigenvalue weighted by Crippen LogP contribution is 2.55. The summed E-state index contributed by atoms with van der Waals surface area (Å²) in [4.78, 5) is 12.3. The molecule has 0 radical (unpaired) electrons. The third-order valence-electron chi connectivity index (χ3n) is 4.50. The largest absolute Gasteiger partial charge is 0.384 e. The van der Waals surface area contributed by atoms with E-state index in [1.807, 2.05) is 0 Å². The molecule has 0 bridgehead atoms. The molecule has 3 rings (SSSR count). The molecule has 1 aromatic carbocycles. The zero-order chi connectivity index (χ0) is 14.8. The van der Waals surface area contributed by atoms with E-state index >= 15 is 0 Å². The Morgan fingerprint density at radius 3 is 2.71 bits per heavy atom. The lowest BCUT2D eigenvalue weighted by Crippen LogP contribution is -2.15. The summed E-state index contributed by atoms with van der Waals surface area (Å²) in [7, 11) is 0. The summed E-state index contributed by atoms with van der Waals surface area (Å²) in [5.41, 5.74) is 0.752. The SMILES string of the molecule is O=C(Nc1ccc(F)c(C#CCO)c1)C1C2CCCCC21. The first-order valence-electron chi connectivity index (χ1n) is 7.41. The Morgan fingerprint density at radius 2 is 2.05 bits per heavy atom. The first-order valence-corrected chi connectivity index (χ1v) is 7.41. The third-order valence-corrected chi connectivity index (χ3v) is 4.50. The fourth-order valence-electron chi connectivity index (χ4n) is 3.44. The molecule has 4 heteroatoms. The highest BCUT2D eigenvalue weighted by molar-refractivity contribution is 5.95. The molecule has 21 heavy (non-hydrogen) atoms. The van der Waals surface area contributed by atoms with Crippen LogP contribution in [0.5, 0.6) is 0 Å². The Kier molecular flexibility index (Phi) is 3.94. The Balaban J connectivity index is 1.69. The number of fused-ring (bicyclic) bond motifs is 1. The summed E-state index contributed by atoms with van der Waals surface area (Å²) in [6.45, 7) is -0.318. The molecule has 0 aromatic heterocycles. The molecule has 2 fully saturated rings. The maximum atomic E-state index is 13.5. The quantitative estimate of drug-likeness (QED) is 0.821. The number of aliphatic hydroxyl groups excluding tert-OH is 1. The van der Waals surface area contributed by atoms with E-state index in [0.29, 0.717) is 17.5 Å². The number of benzene rings is 1. The van der Waals surface area contributed by atoms with Crippen molar-refractivity contribution in [2.75, 3.05) is 11.9 Å². The molecule has 2 N–H and O–H groups in total. The van der Waals surface area contributed by atoms with E-state index in [9.17, 15) is 9.18 Å². The zero-order valence-electron chi connectivity index (χ0n) is 11.7. The Hall–Kier alpha value is -1.86. The highest BCUT2D eigenvalue weighted by Gasteiger charge is 2.54. The van der Waals surface area contributed by atoms with Gasteiger partial charge in [-0.05, 0) is 42.9 Å². The number of hydrogen-bond acceptors (Lipinski definition) is 2. The van der Waals surface area contributed by atoms with Crippen molar-refractivity contribution < 1.29 is 14.3 Å². The van der Waals surface area contributed by atoms with Crippen LogP contribution < -0.4 is 5.32 Å². The molecule has 2 aliphatic rings. The minimum Gasteiger partial charge on any atom is -0.384 e. The predicted octanol–water partition coefficient (Wildman–Crippen LogP) is 2.54. The first kappa shape index (κ1) is 14.1. The summed E-state index contributed by atoms with van der Waals surface area (Å²) in [5.74, 6) is 5.78. The van der Waals surface area contributed by atoms with Crippen molar-refractivity contribution in [2.45, 2.75) is 25.7 Å². The molecule has 2 atom stereocenters. The van der Waals surface area contributed by atoms with Crippen molar-refractivity contribution in [1.82, 2.24) is 0 Å². The summed E-state index contributed by atoms with van der Waals surface area (Å²) in [5, 5.41) is 11.5. The smallest absolute Gasteiger partial charge is 0.228 e. The average Bonchev–Trinajstić information content (AvgIpc) is 3.22. The molecule has 0 spiro atoms. The van der Waals surface area contributed by atoms with Gasteiger partial charge < -0.3 is 10.4 Å². The lowest BCUT2D eigenvalue weighted by Gasteiger charge is -2.06. The molecule has 2 aliphatic carbocycles. The summed E-state index contributed by atoms with van der Waals surface area (Å²) in [6, 6.07) is 4.35. The Morgan fingerprint density at radius 1 is 1.33 bits per heavy atom. The molecule has 3 nitrogen and oxygen atoms in total. The second-order valence-corrected chi connectivity index (χ2v) is 5.78. The van der Waals surface area contributed by atoms with Crippen LogP contribution in [0.4, 0.5) is 10.1 Å². The number of hydrogen-bond donors (Lipinski definition) is 2. The molecular formula is C17H18FNO2. The normalized spacial score (nSPS) is 26.3. The van der Waals surface area contributed by atoms with Gasteiger partial charge in [-0.3, -0.25) is 4.79 Å². The molecule has 0 aliphatic heterocycles. The van der Waals surface area contributed by atoms with Gasteiger partial charge in [0.1, 0.15) is 12.4 Å². The lowest BCUT2D eigenvalue weighted by atomic mass is 10.0. The topological polar surface area (TPSA) is 49.3 Å². The zero-order valence-corrected chi connectivity index (χ0v) is 11.7. The van der Waals surface area contributed by atoms with Gasteiger partial charge in [-0.25, -0.2) is 4.39 Å². The number of amides is 1. The predicted molar refractivity (Wildman–Crippen MR) is 77.9 cm³/mol. The van der Waals surface area contributed by atoms with E-state index in [1.54, 1.807) is 6.07 Å². The van der Waals surface area contributed by atoms with Crippen molar-refractivity contribution in [3.8, 4) is 11.8 Å². The average molecular weight is 287 g/mol. The number of halogens is 1. The third kappa shape index (κ3) is 2.93. The number of rotatable bonds is 2. The van der Waals surface area contributed by atoms with Gasteiger partial charge in [-0.15, -0.1) is 0 Å². The maximum absolute atomic E-state index is 13.5. The van der Waals surface area contributed by atoms with E-state index < -0.39 is 5.82 Å². The van der Waals surface area contributed by atoms with Gasteiger partial charge in [-0.2, -0.15) is 0 Å². The van der Waals surface area contributed by atoms with Crippen LogP contribution in [0.3, 0.4) is 0 Å². The van der Waals surface area contributed by atoms with Crippen LogP contribution in [0.2, 0.25) is 0 Å². The van der Waals surface area contributed by atoms with Crippen LogP contribution in [0, 0.1) is 35.4 Å². The van der Waals surface area contributed by atoms with Crippen LogP contribution in [-0.4, -0.2) is 17.6 Å². The molecule has 1 aromatic rings. The fraction of sp³-hybridized carbons (Fsp3) is 0.471. The minimum atomic E-state index is -0.450. The van der Waals surface area contributed by atoms with Crippen LogP contribution in [0.25, 0.3) is 0 Å². The molecule has 110 valence electrons. The maximum Gasteiger partial charge on any atom is 0.228 e. The second kappa shape index (κ2) is 5.87. The standard InChI is InChI=1S/C17H18FNO2/c18-15-8-7-12(10-11(15)4-3-9-20)19-17(21)16-13-5-1-2-6-14(13)16/h7-8,10,13-14,16,20H,1-2,5-6,9H2,(H,19,21). The van der Waals surface area contributed by atoms with Gasteiger partial charge in [0, 0.05) is 11.6 Å². The lowest BCUT2D eigenvalue weighted by molar-refractivity contribution is -0.117. The van der Waals surface area contributed by atoms with Gasteiger partial charge in [0.25, 0.3) is 0 Å². The number of anilines is 1. The van der Waals surface area contributed by atoms with Crippen LogP contribution in [0.1, 0.15) is 31.2 Å². The van der Waals surface area contributed by atoms with Gasteiger partial charge in [0.15, 0.2) is 0 Å². The van der Waals surface area contributed by atoms with Crippen molar-refractivity contribution in [2.24, 2.45) is 17.8 Å². The van der Waals surface area contributed by atoms with Crippen molar-refractivity contribution in [3.05, 3.63) is 29.6 Å². The van der Waals surface area contributed by atoms with E-state index in [4.69, 9.17) is 5.11 Å². The monoisotopic (exact) mass is 287 g/mol. The fourth-order valence-corrected chi connectivity index (χ4v) is 3.44. The van der Waals surface area contributed by atoms with E-state index in [0.717, 1.165) is 12.8 Å². The van der Waals surface area contributed by atoms with Gasteiger partial charge in [-0.1, -0.05) is 24.7 Å². The minimum absolute atomic E-state index is 0.0413. The van der Waals surface area contributed by atoms with Crippen molar-refractivity contribution >= 4 is 11.6 Å². The summed E-state index contributed by atoms with van der Waals surface area (Å²) in [6.07, 6.45) is 4.75. The van der Waals surface area contributed by atoms with Crippen LogP contribution >= 0.6 is 0 Å². The number of carbonyl (C=O) groups excluding carboxylic acids is 1. The Labute approximate surface area is 123 Å².